The van der Waals surface area contributed by atoms with Gasteiger partial charge in [-0.25, -0.2) is 8.78 Å². The Kier molecular flexibility index (Phi) is 4.11. The number of hydrogen-bond donors (Lipinski definition) is 1. The van der Waals surface area contributed by atoms with Crippen LogP contribution in [0.2, 0.25) is 0 Å². The highest BCUT2D eigenvalue weighted by atomic mass is 32.2. The lowest BCUT2D eigenvalue weighted by Gasteiger charge is -2.28. The zero-order valence-electron chi connectivity index (χ0n) is 13.7. The first-order valence-electron chi connectivity index (χ1n) is 8.19. The number of likely N-dealkylation sites (tertiary alicyclic amines) is 1. The number of carbonyl (C=O) groups is 1. The van der Waals surface area contributed by atoms with E-state index in [9.17, 15) is 13.6 Å². The molecule has 0 bridgehead atoms. The molecule has 0 aliphatic carbocycles. The number of aromatic amines is 1. The largest absolute Gasteiger partial charge is 0.361 e. The smallest absolute Gasteiger partial charge is 0.268 e. The van der Waals surface area contributed by atoms with E-state index in [-0.39, 0.29) is 11.9 Å². The second-order valence-electron chi connectivity index (χ2n) is 6.50. The molecule has 1 aromatic carbocycles. The number of nitriles is 1. The summed E-state index contributed by atoms with van der Waals surface area (Å²) in [6.07, 6.45) is 3.07. The lowest BCUT2D eigenvalue weighted by atomic mass is 10.1. The van der Waals surface area contributed by atoms with Gasteiger partial charge in [0.05, 0.1) is 19.2 Å². The van der Waals surface area contributed by atoms with Crippen LogP contribution in [0, 0.1) is 11.3 Å². The van der Waals surface area contributed by atoms with Crippen LogP contribution >= 0.6 is 11.8 Å². The van der Waals surface area contributed by atoms with Crippen LogP contribution in [-0.4, -0.2) is 45.7 Å². The third-order valence-corrected chi connectivity index (χ3v) is 5.76. The van der Waals surface area contributed by atoms with E-state index < -0.39 is 30.8 Å². The van der Waals surface area contributed by atoms with Crippen molar-refractivity contribution in [2.45, 2.75) is 23.8 Å². The van der Waals surface area contributed by atoms with Crippen LogP contribution in [0.5, 0.6) is 0 Å². The molecular weight excluding hydrogens is 358 g/mol. The number of alkyl halides is 2. The molecule has 3 heterocycles. The number of aromatic nitrogens is 1. The molecule has 2 aliphatic rings. The van der Waals surface area contributed by atoms with Crippen molar-refractivity contribution in [2.24, 2.45) is 0 Å². The van der Waals surface area contributed by atoms with Gasteiger partial charge >= 0.3 is 0 Å². The maximum atomic E-state index is 13.6. The van der Waals surface area contributed by atoms with Gasteiger partial charge in [-0.05, 0) is 34.6 Å². The van der Waals surface area contributed by atoms with Crippen LogP contribution in [0.1, 0.15) is 17.4 Å². The minimum absolute atomic E-state index is 0.0341. The number of thioether (sulfide) groups is 1. The van der Waals surface area contributed by atoms with Gasteiger partial charge in [0, 0.05) is 24.3 Å². The van der Waals surface area contributed by atoms with E-state index in [1.165, 1.54) is 0 Å². The zero-order valence-corrected chi connectivity index (χ0v) is 14.5. The number of hydrogen-bond acceptors (Lipinski definition) is 4. The molecule has 2 atom stereocenters. The fourth-order valence-corrected chi connectivity index (χ4v) is 4.40. The quantitative estimate of drug-likeness (QED) is 0.894. The van der Waals surface area contributed by atoms with E-state index in [0.29, 0.717) is 0 Å². The van der Waals surface area contributed by atoms with Crippen molar-refractivity contribution in [2.75, 3.05) is 13.1 Å². The Morgan fingerprint density at radius 2 is 2.27 bits per heavy atom. The second kappa shape index (κ2) is 6.32. The van der Waals surface area contributed by atoms with Crippen LogP contribution < -0.4 is 0 Å². The predicted molar refractivity (Wildman–Crippen MR) is 95.2 cm³/mol. The van der Waals surface area contributed by atoms with Gasteiger partial charge in [-0.15, -0.1) is 11.8 Å². The minimum Gasteiger partial charge on any atom is -0.361 e. The maximum absolute atomic E-state index is 13.6. The van der Waals surface area contributed by atoms with E-state index in [1.54, 1.807) is 18.0 Å². The lowest BCUT2D eigenvalue weighted by Crippen LogP contribution is -2.41. The summed E-state index contributed by atoms with van der Waals surface area (Å²) in [5.41, 5.74) is 2.06. The van der Waals surface area contributed by atoms with Gasteiger partial charge in [0.25, 0.3) is 5.92 Å². The Labute approximate surface area is 153 Å². The summed E-state index contributed by atoms with van der Waals surface area (Å²) < 4.78 is 27.2. The third-order valence-electron chi connectivity index (χ3n) is 4.68. The summed E-state index contributed by atoms with van der Waals surface area (Å²) >= 11 is 1.56. The number of benzene rings is 1. The van der Waals surface area contributed by atoms with Crippen LogP contribution in [0.15, 0.2) is 42.1 Å². The van der Waals surface area contributed by atoms with Crippen molar-refractivity contribution in [1.29, 1.82) is 5.26 Å². The standard InChI is InChI=1S/C18H16F2N4OS/c19-18(20)8-14(9-21)24(11-18)16(25)10-23-5-6-26-17(23)13-1-2-15-12(7-13)3-4-22-15/h1-7,14,17,22H,8,10-11H2/t14?,17-/m0/s1. The van der Waals surface area contributed by atoms with Gasteiger partial charge in [-0.3, -0.25) is 4.79 Å². The molecule has 5 nitrogen and oxygen atoms in total. The van der Waals surface area contributed by atoms with Crippen LogP contribution in [0.4, 0.5) is 8.78 Å². The van der Waals surface area contributed by atoms with Gasteiger partial charge in [0.2, 0.25) is 5.91 Å². The van der Waals surface area contributed by atoms with Gasteiger partial charge in [-0.1, -0.05) is 6.07 Å². The molecule has 1 aromatic heterocycles. The first-order valence-corrected chi connectivity index (χ1v) is 9.13. The fourth-order valence-electron chi connectivity index (χ4n) is 3.42. The molecule has 1 unspecified atom stereocenters. The van der Waals surface area contributed by atoms with Gasteiger partial charge in [-0.2, -0.15) is 5.26 Å². The molecule has 1 fully saturated rings. The molecule has 134 valence electrons. The van der Waals surface area contributed by atoms with Crippen LogP contribution in [0.3, 0.4) is 0 Å². The number of H-pyrrole nitrogens is 1. The summed E-state index contributed by atoms with van der Waals surface area (Å²) in [7, 11) is 0. The van der Waals surface area contributed by atoms with Crippen molar-refractivity contribution in [1.82, 2.24) is 14.8 Å². The molecule has 2 aliphatic heterocycles. The summed E-state index contributed by atoms with van der Waals surface area (Å²) in [6, 6.07) is 8.75. The highest BCUT2D eigenvalue weighted by Crippen LogP contribution is 2.40. The topological polar surface area (TPSA) is 63.1 Å². The SMILES string of the molecule is N#CC1CC(F)(F)CN1C(=O)CN1C=CS[C@H]1c1ccc2[nH]ccc2c1. The molecule has 26 heavy (non-hydrogen) atoms. The second-order valence-corrected chi connectivity index (χ2v) is 7.49. The predicted octanol–water partition coefficient (Wildman–Crippen LogP) is 3.45. The third kappa shape index (κ3) is 3.03. The first-order chi connectivity index (χ1) is 12.5. The normalized spacial score (nSPS) is 24.3. The van der Waals surface area contributed by atoms with Crippen molar-refractivity contribution < 1.29 is 13.6 Å². The number of fused-ring (bicyclic) bond motifs is 1. The Hall–Kier alpha value is -2.53. The number of halogens is 2. The molecule has 0 spiro atoms. The zero-order chi connectivity index (χ0) is 18.3. The van der Waals surface area contributed by atoms with Crippen molar-refractivity contribution in [3.63, 3.8) is 0 Å². The molecule has 0 saturated carbocycles. The van der Waals surface area contributed by atoms with Gasteiger partial charge < -0.3 is 14.8 Å². The Morgan fingerprint density at radius 1 is 1.42 bits per heavy atom. The van der Waals surface area contributed by atoms with E-state index in [0.717, 1.165) is 21.4 Å². The van der Waals surface area contributed by atoms with Gasteiger partial charge in [0.1, 0.15) is 11.4 Å². The summed E-state index contributed by atoms with van der Waals surface area (Å²) in [4.78, 5) is 18.5. The lowest BCUT2D eigenvalue weighted by molar-refractivity contribution is -0.133. The number of rotatable bonds is 3. The molecule has 1 N–H and O–H groups in total. The minimum atomic E-state index is -3.00. The molecular formula is C18H16F2N4OS. The molecule has 8 heteroatoms. The Bertz CT molecular complexity index is 919. The van der Waals surface area contributed by atoms with Crippen molar-refractivity contribution in [3.8, 4) is 6.07 Å². The van der Waals surface area contributed by atoms with E-state index in [2.05, 4.69) is 11.1 Å². The summed E-state index contributed by atoms with van der Waals surface area (Å²) in [5, 5.41) is 11.9. The van der Waals surface area contributed by atoms with Gasteiger partial charge in [0.15, 0.2) is 0 Å². The summed E-state index contributed by atoms with van der Waals surface area (Å²) in [6.45, 7) is -0.720. The molecule has 4 rings (SSSR count). The number of nitrogens with zero attached hydrogens (tertiary/aromatic N) is 3. The monoisotopic (exact) mass is 374 g/mol. The highest BCUT2D eigenvalue weighted by Gasteiger charge is 2.47. The van der Waals surface area contributed by atoms with Crippen LogP contribution in [0.25, 0.3) is 10.9 Å². The van der Waals surface area contributed by atoms with E-state index >= 15 is 0 Å². The van der Waals surface area contributed by atoms with E-state index in [4.69, 9.17) is 5.26 Å². The maximum Gasteiger partial charge on any atom is 0.268 e. The number of carbonyl (C=O) groups excluding carboxylic acids is 1. The van der Waals surface area contributed by atoms with Crippen molar-refractivity contribution >= 4 is 28.6 Å². The average molecular weight is 374 g/mol. The number of amides is 1. The first kappa shape index (κ1) is 16.9. The van der Waals surface area contributed by atoms with E-state index in [1.807, 2.05) is 40.8 Å². The number of nitrogens with one attached hydrogen (secondary N) is 1. The molecule has 1 saturated heterocycles. The molecule has 2 aromatic rings. The molecule has 1 amide bonds. The highest BCUT2D eigenvalue weighted by molar-refractivity contribution is 8.02. The van der Waals surface area contributed by atoms with Crippen molar-refractivity contribution in [3.05, 3.63) is 47.6 Å². The van der Waals surface area contributed by atoms with Crippen LogP contribution in [-0.2, 0) is 4.79 Å². The fraction of sp³-hybridized carbons (Fsp3) is 0.333. The average Bonchev–Trinajstić information content (AvgIpc) is 3.31. The Balaban J connectivity index is 1.51. The Morgan fingerprint density at radius 3 is 3.08 bits per heavy atom. The molecule has 0 radical (unpaired) electrons. The summed E-state index contributed by atoms with van der Waals surface area (Å²) in [5.74, 6) is -3.45.